The van der Waals surface area contributed by atoms with Crippen LogP contribution in [0.3, 0.4) is 0 Å². The molecular weight excluding hydrogens is 357 g/mol. The third-order valence-corrected chi connectivity index (χ3v) is 6.08. The summed E-state index contributed by atoms with van der Waals surface area (Å²) in [7, 11) is 0. The van der Waals surface area contributed by atoms with Crippen LogP contribution in [0.25, 0.3) is 0 Å². The molecule has 0 radical (unpaired) electrons. The summed E-state index contributed by atoms with van der Waals surface area (Å²) in [4.78, 5) is 4.25. The molecule has 0 aliphatic heterocycles. The van der Waals surface area contributed by atoms with Crippen LogP contribution in [0, 0.1) is 11.3 Å². The number of thioether (sulfide) groups is 1. The maximum absolute atomic E-state index is 9.38. The van der Waals surface area contributed by atoms with E-state index in [2.05, 4.69) is 35.3 Å². The van der Waals surface area contributed by atoms with E-state index in [1.165, 1.54) is 4.46 Å². The van der Waals surface area contributed by atoms with Gasteiger partial charge in [-0.3, -0.25) is 0 Å². The predicted octanol–water partition coefficient (Wildman–Crippen LogP) is 3.58. The van der Waals surface area contributed by atoms with Gasteiger partial charge >= 0.3 is 142 Å². The third kappa shape index (κ3) is 5.36. The second-order valence-corrected chi connectivity index (χ2v) is 7.46. The third-order valence-electron chi connectivity index (χ3n) is 2.74. The average molecular weight is 374 g/mol. The van der Waals surface area contributed by atoms with E-state index in [0.29, 0.717) is 6.61 Å². The van der Waals surface area contributed by atoms with Crippen molar-refractivity contribution >= 4 is 31.2 Å². The number of ether oxygens (including phenoxy) is 1. The summed E-state index contributed by atoms with van der Waals surface area (Å²) in [6, 6.07) is 22.7. The van der Waals surface area contributed by atoms with Crippen molar-refractivity contribution in [1.82, 2.24) is 0 Å². The van der Waals surface area contributed by atoms with E-state index >= 15 is 0 Å². The minimum atomic E-state index is -0.499. The van der Waals surface area contributed by atoms with Crippen LogP contribution in [0.5, 0.6) is 0 Å². The fourth-order valence-corrected chi connectivity index (χ4v) is 4.58. The molecule has 0 aliphatic rings. The number of benzene rings is 2. The Labute approximate surface area is 142 Å². The molecule has 0 saturated heterocycles. The summed E-state index contributed by atoms with van der Waals surface area (Å²) in [5.41, 5.74) is 0. The Hall–Kier alpha value is -1.50. The summed E-state index contributed by atoms with van der Waals surface area (Å²) in [5, 5.41) is 9.38. The monoisotopic (exact) mass is 375 g/mol. The van der Waals surface area contributed by atoms with Crippen LogP contribution >= 0.6 is 11.8 Å². The first kappa shape index (κ1) is 16.9. The fraction of sp³-hybridized carbons (Fsp3) is 0.167. The molecule has 0 spiro atoms. The molecule has 0 bridgehead atoms. The Morgan fingerprint density at radius 3 is 2.41 bits per heavy atom. The van der Waals surface area contributed by atoms with E-state index in [4.69, 9.17) is 4.74 Å². The average Bonchev–Trinajstić information content (AvgIpc) is 2.58. The van der Waals surface area contributed by atoms with Gasteiger partial charge in [-0.2, -0.15) is 0 Å². The van der Waals surface area contributed by atoms with E-state index in [9.17, 15) is 5.26 Å². The molecule has 0 aromatic heterocycles. The van der Waals surface area contributed by atoms with Gasteiger partial charge in [0.05, 0.1) is 0 Å². The molecule has 0 aliphatic carbocycles. The fourth-order valence-electron chi connectivity index (χ4n) is 1.74. The Balaban J connectivity index is 2.18. The van der Waals surface area contributed by atoms with Gasteiger partial charge in [0.2, 0.25) is 0 Å². The van der Waals surface area contributed by atoms with Gasteiger partial charge in [0.15, 0.2) is 0 Å². The summed E-state index contributed by atoms with van der Waals surface area (Å²) in [6.45, 7) is 2.45. The molecule has 2 aromatic carbocycles. The molecule has 2 rings (SSSR count). The molecule has 0 fully saturated rings. The van der Waals surface area contributed by atoms with E-state index in [1.807, 2.05) is 43.3 Å². The van der Waals surface area contributed by atoms with Crippen molar-refractivity contribution in [2.24, 2.45) is 0 Å². The zero-order valence-corrected chi connectivity index (χ0v) is 14.8. The normalized spacial score (nSPS) is 12.6. The van der Waals surface area contributed by atoms with Crippen molar-refractivity contribution in [3.63, 3.8) is 0 Å². The van der Waals surface area contributed by atoms with Gasteiger partial charge in [-0.05, 0) is 0 Å². The van der Waals surface area contributed by atoms with E-state index < -0.39 is 6.10 Å². The van der Waals surface area contributed by atoms with Crippen LogP contribution < -0.4 is 4.46 Å². The second kappa shape index (κ2) is 9.50. The van der Waals surface area contributed by atoms with Crippen molar-refractivity contribution in [3.8, 4) is 6.07 Å². The van der Waals surface area contributed by atoms with Gasteiger partial charge in [0.1, 0.15) is 0 Å². The number of hydrogen-bond donors (Lipinski definition) is 0. The van der Waals surface area contributed by atoms with Gasteiger partial charge in [0, 0.05) is 0 Å². The first-order chi connectivity index (χ1) is 10.8. The molecule has 2 aromatic rings. The maximum atomic E-state index is 9.38. The summed E-state index contributed by atoms with van der Waals surface area (Å²) in [5.74, 6) is 0. The van der Waals surface area contributed by atoms with Crippen molar-refractivity contribution in [1.29, 1.82) is 5.26 Å². The Kier molecular flexibility index (Phi) is 7.28. The van der Waals surface area contributed by atoms with Crippen LogP contribution in [0.15, 0.2) is 75.4 Å². The van der Waals surface area contributed by atoms with Gasteiger partial charge < -0.3 is 0 Å². The molecule has 0 heterocycles. The Bertz CT molecular complexity index is 637. The molecule has 2 nitrogen and oxygen atoms in total. The summed E-state index contributed by atoms with van der Waals surface area (Å²) in [6.07, 6.45) is -0.499. The van der Waals surface area contributed by atoms with Gasteiger partial charge in [0.25, 0.3) is 0 Å². The van der Waals surface area contributed by atoms with Gasteiger partial charge in [-0.25, -0.2) is 0 Å². The van der Waals surface area contributed by atoms with Crippen LogP contribution in [-0.4, -0.2) is 27.7 Å². The van der Waals surface area contributed by atoms with Crippen molar-refractivity contribution < 1.29 is 4.74 Å². The standard InChI is InChI=1S/C18H17NOSSe/c1-2-20-17(13-19)18(21-15-9-5-3-6-10-15)14-22-16-11-7-4-8-12-16/h3-12,14,17H,2H2,1H3/b18-14-. The Morgan fingerprint density at radius 1 is 1.18 bits per heavy atom. The molecule has 1 atom stereocenters. The molecule has 0 amide bonds. The number of nitriles is 1. The van der Waals surface area contributed by atoms with Crippen LogP contribution in [0.1, 0.15) is 6.92 Å². The van der Waals surface area contributed by atoms with Crippen LogP contribution in [0.2, 0.25) is 0 Å². The number of hydrogen-bond acceptors (Lipinski definition) is 3. The zero-order valence-electron chi connectivity index (χ0n) is 12.3. The first-order valence-electron chi connectivity index (χ1n) is 6.99. The second-order valence-electron chi connectivity index (χ2n) is 4.33. The zero-order chi connectivity index (χ0) is 15.6. The Morgan fingerprint density at radius 2 is 1.82 bits per heavy atom. The molecule has 112 valence electrons. The number of nitrogens with zero attached hydrogens (tertiary/aromatic N) is 1. The summed E-state index contributed by atoms with van der Waals surface area (Å²) >= 11 is 1.79. The minimum absolute atomic E-state index is 0.185. The molecular formula is C18H17NOSSe. The van der Waals surface area contributed by atoms with Crippen LogP contribution in [0.4, 0.5) is 0 Å². The number of rotatable bonds is 7. The molecule has 0 saturated carbocycles. The van der Waals surface area contributed by atoms with E-state index in [0.717, 1.165) is 9.80 Å². The van der Waals surface area contributed by atoms with E-state index in [1.54, 1.807) is 11.8 Å². The van der Waals surface area contributed by atoms with Crippen molar-refractivity contribution in [2.75, 3.05) is 6.61 Å². The van der Waals surface area contributed by atoms with Gasteiger partial charge in [-0.1, -0.05) is 0 Å². The molecule has 4 heteroatoms. The van der Waals surface area contributed by atoms with Gasteiger partial charge in [-0.15, -0.1) is 0 Å². The molecule has 0 N–H and O–H groups in total. The van der Waals surface area contributed by atoms with Crippen molar-refractivity contribution in [2.45, 2.75) is 17.9 Å². The quantitative estimate of drug-likeness (QED) is 0.549. The van der Waals surface area contributed by atoms with Crippen molar-refractivity contribution in [3.05, 3.63) is 70.5 Å². The van der Waals surface area contributed by atoms with Crippen LogP contribution in [-0.2, 0) is 4.74 Å². The topological polar surface area (TPSA) is 33.0 Å². The SMILES string of the molecule is CCOC(C#N)/C(=C/[Se]c1ccccc1)Sc1ccccc1. The first-order valence-corrected chi connectivity index (χ1v) is 9.65. The summed E-state index contributed by atoms with van der Waals surface area (Å²) < 4.78 is 6.86. The molecule has 22 heavy (non-hydrogen) atoms. The predicted molar refractivity (Wildman–Crippen MR) is 93.2 cm³/mol. The molecule has 1 unspecified atom stereocenters. The van der Waals surface area contributed by atoms with E-state index in [-0.39, 0.29) is 15.0 Å².